The van der Waals surface area contributed by atoms with E-state index in [-0.39, 0.29) is 47.4 Å². The average molecular weight is 809 g/mol. The van der Waals surface area contributed by atoms with E-state index in [1.807, 2.05) is 146 Å². The predicted molar refractivity (Wildman–Crippen MR) is 266 cm³/mol. The number of benzene rings is 7. The zero-order valence-electron chi connectivity index (χ0n) is 44.2. The molecule has 0 saturated carbocycles. The Hall–Kier alpha value is -7.68. The minimum Gasteiger partial charge on any atom is -0.311 e. The lowest BCUT2D eigenvalue weighted by Crippen LogP contribution is -2.14. The first kappa shape index (κ1) is 29.5. The Morgan fingerprint density at radius 1 is 0.484 bits per heavy atom. The van der Waals surface area contributed by atoms with Gasteiger partial charge in [0.15, 0.2) is 0 Å². The molecule has 2 heteroatoms. The molecule has 2 aliphatic rings. The van der Waals surface area contributed by atoms with Crippen molar-refractivity contribution >= 4 is 34.0 Å². The molecule has 2 unspecified atom stereocenters. The Morgan fingerprint density at radius 2 is 0.984 bits per heavy atom. The summed E-state index contributed by atoms with van der Waals surface area (Å²) in [6.07, 6.45) is 22.0. The fourth-order valence-electron chi connectivity index (χ4n) is 7.90. The first-order valence-electron chi connectivity index (χ1n) is 25.7. The fraction of sp³-hybridized carbons (Fsp3) is 0.0667. The molecule has 9 rings (SSSR count). The number of hydrogen-bond acceptors (Lipinski definition) is 2. The van der Waals surface area contributed by atoms with Gasteiger partial charge in [-0.15, -0.1) is 0 Å². The molecule has 0 aromatic heterocycles. The van der Waals surface area contributed by atoms with Crippen LogP contribution in [0.2, 0.25) is 0 Å². The van der Waals surface area contributed by atoms with Gasteiger partial charge in [-0.3, -0.25) is 0 Å². The van der Waals surface area contributed by atoms with Crippen molar-refractivity contribution in [3.05, 3.63) is 278 Å². The lowest BCUT2D eigenvalue weighted by molar-refractivity contribution is 0.853. The van der Waals surface area contributed by atoms with E-state index in [2.05, 4.69) is 43.5 Å². The van der Waals surface area contributed by atoms with Crippen LogP contribution < -0.4 is 9.80 Å². The minimum atomic E-state index is -0.473. The van der Waals surface area contributed by atoms with Crippen molar-refractivity contribution in [2.45, 2.75) is 24.7 Å². The molecule has 0 N–H and O–H groups in total. The molecule has 0 bridgehead atoms. The molecule has 2 aliphatic carbocycles. The van der Waals surface area contributed by atoms with Crippen molar-refractivity contribution in [2.24, 2.45) is 0 Å². The summed E-state index contributed by atoms with van der Waals surface area (Å²) >= 11 is 0. The van der Waals surface area contributed by atoms with Crippen LogP contribution in [-0.2, 0) is 0 Å². The van der Waals surface area contributed by atoms with Crippen molar-refractivity contribution in [1.82, 2.24) is 0 Å². The van der Waals surface area contributed by atoms with Gasteiger partial charge in [0.05, 0.1) is 13.7 Å². The quantitative estimate of drug-likeness (QED) is 0.107. The molecule has 0 fully saturated rings. The van der Waals surface area contributed by atoms with Gasteiger partial charge in [-0.25, -0.2) is 0 Å². The van der Waals surface area contributed by atoms with Crippen LogP contribution in [0.3, 0.4) is 0 Å². The van der Waals surface area contributed by atoms with Crippen molar-refractivity contribution in [3.8, 4) is 22.3 Å². The van der Waals surface area contributed by atoms with Gasteiger partial charge in [0.25, 0.3) is 0 Å². The van der Waals surface area contributed by atoms with Gasteiger partial charge in [-0.2, -0.15) is 0 Å². The van der Waals surface area contributed by atoms with Crippen LogP contribution in [0.25, 0.3) is 27.8 Å². The second-order valence-electron chi connectivity index (χ2n) is 15.2. The lowest BCUT2D eigenvalue weighted by Gasteiger charge is -2.26. The summed E-state index contributed by atoms with van der Waals surface area (Å²) in [5, 5.41) is 0. The third kappa shape index (κ3) is 9.06. The molecular formula is C60H50N2. The van der Waals surface area contributed by atoms with Gasteiger partial charge in [-0.05, 0) is 136 Å². The normalized spacial score (nSPS) is 17.7. The zero-order chi connectivity index (χ0) is 50.8. The van der Waals surface area contributed by atoms with Gasteiger partial charge in [-0.1, -0.05) is 177 Å². The number of para-hydroxylation sites is 2. The van der Waals surface area contributed by atoms with Gasteiger partial charge in [0.1, 0.15) is 0 Å². The molecule has 7 aromatic carbocycles. The highest BCUT2D eigenvalue weighted by Gasteiger charge is 2.16. The first-order chi connectivity index (χ1) is 34.7. The SMILES string of the molecule is [2H]c1c([2H])c([2H])c(N(C(=C)/C=C\C(=C)c2cccc(-c3cccc(-c4ccc(N(c5ccc(C6C=CC=CC6)cc5)c5c([2H])c([2H])c([2H])c([2H])c5[2H])cc4)c3)c2)c2ccc(C3C=CC=CC3)cc2)c([2H])c1[2H]. The molecule has 0 amide bonds. The largest absolute Gasteiger partial charge is 0.311 e. The van der Waals surface area contributed by atoms with Crippen LogP contribution in [-0.4, -0.2) is 0 Å². The predicted octanol–water partition coefficient (Wildman–Crippen LogP) is 16.6. The molecule has 2 atom stereocenters. The first-order valence-corrected chi connectivity index (χ1v) is 20.7. The van der Waals surface area contributed by atoms with Crippen molar-refractivity contribution < 1.29 is 13.7 Å². The third-order valence-corrected chi connectivity index (χ3v) is 11.2. The van der Waals surface area contributed by atoms with Crippen LogP contribution in [0, 0.1) is 0 Å². The van der Waals surface area contributed by atoms with Crippen molar-refractivity contribution in [3.63, 3.8) is 0 Å². The van der Waals surface area contributed by atoms with Gasteiger partial charge in [0.2, 0.25) is 0 Å². The Morgan fingerprint density at radius 3 is 1.55 bits per heavy atom. The zero-order valence-corrected chi connectivity index (χ0v) is 34.2. The Kier molecular flexibility index (Phi) is 8.91. The van der Waals surface area contributed by atoms with Crippen LogP contribution in [0.4, 0.5) is 28.4 Å². The van der Waals surface area contributed by atoms with E-state index in [4.69, 9.17) is 13.7 Å². The van der Waals surface area contributed by atoms with E-state index < -0.39 is 36.3 Å². The highest BCUT2D eigenvalue weighted by molar-refractivity contribution is 5.82. The monoisotopic (exact) mass is 808 g/mol. The molecule has 0 radical (unpaired) electrons. The molecule has 0 spiro atoms. The summed E-state index contributed by atoms with van der Waals surface area (Å²) in [5.41, 5.74) is 9.78. The third-order valence-electron chi connectivity index (χ3n) is 11.2. The van der Waals surface area contributed by atoms with Crippen LogP contribution in [0.1, 0.15) is 55.1 Å². The fourth-order valence-corrected chi connectivity index (χ4v) is 7.90. The maximum absolute atomic E-state index is 8.90. The van der Waals surface area contributed by atoms with E-state index in [1.165, 1.54) is 0 Å². The second kappa shape index (κ2) is 18.7. The molecule has 0 aliphatic heterocycles. The van der Waals surface area contributed by atoms with Gasteiger partial charge < -0.3 is 9.80 Å². The Bertz CT molecular complexity index is 3350. The number of rotatable bonds is 13. The minimum absolute atomic E-state index is 0.00650. The number of nitrogens with zero attached hydrogens (tertiary/aromatic N) is 2. The summed E-state index contributed by atoms with van der Waals surface area (Å²) in [6.45, 7) is 8.71. The average Bonchev–Trinajstić information content (AvgIpc) is 3.43. The summed E-state index contributed by atoms with van der Waals surface area (Å²) in [7, 11) is 0. The van der Waals surface area contributed by atoms with E-state index in [1.54, 1.807) is 15.9 Å². The molecule has 2 nitrogen and oxygen atoms in total. The van der Waals surface area contributed by atoms with Crippen LogP contribution in [0.15, 0.2) is 261 Å². The van der Waals surface area contributed by atoms with E-state index in [9.17, 15) is 0 Å². The highest BCUT2D eigenvalue weighted by Crippen LogP contribution is 2.38. The maximum Gasteiger partial charge on any atom is 0.0645 e. The second-order valence-corrected chi connectivity index (χ2v) is 15.2. The van der Waals surface area contributed by atoms with E-state index in [0.717, 1.165) is 51.8 Å². The molecule has 7 aromatic rings. The molecule has 0 heterocycles. The summed E-state index contributed by atoms with van der Waals surface area (Å²) in [4.78, 5) is 3.32. The van der Waals surface area contributed by atoms with Crippen LogP contribution in [0.5, 0.6) is 0 Å². The number of allylic oxidation sites excluding steroid dienone is 11. The Balaban J connectivity index is 0.985. The van der Waals surface area contributed by atoms with E-state index in [0.29, 0.717) is 28.3 Å². The van der Waals surface area contributed by atoms with Crippen LogP contribution >= 0.6 is 0 Å². The maximum atomic E-state index is 8.90. The molecule has 62 heavy (non-hydrogen) atoms. The molecule has 0 saturated heterocycles. The summed E-state index contributed by atoms with van der Waals surface area (Å²) < 4.78 is 85.8. The Labute approximate surface area is 381 Å². The number of anilines is 5. The topological polar surface area (TPSA) is 6.48 Å². The van der Waals surface area contributed by atoms with Gasteiger partial charge in [0, 0.05) is 46.0 Å². The summed E-state index contributed by atoms with van der Waals surface area (Å²) in [5.74, 6) is 0.431. The summed E-state index contributed by atoms with van der Waals surface area (Å²) in [6, 6.07) is 35.6. The number of hydrogen-bond donors (Lipinski definition) is 0. The smallest absolute Gasteiger partial charge is 0.0645 e. The van der Waals surface area contributed by atoms with Crippen molar-refractivity contribution in [1.29, 1.82) is 0 Å². The van der Waals surface area contributed by atoms with Crippen molar-refractivity contribution in [2.75, 3.05) is 9.80 Å². The molecular weight excluding hydrogens is 749 g/mol. The standard InChI is InChI=1S/C60H50N2/c1-45(29-30-46(2)61(56-25-11-5-12-26-56)58-37-31-49(32-38-58)47-17-7-3-8-18-47)52-21-15-23-54(43-52)55-24-16-22-53(44-55)51-35-41-60(42-36-51)62(57-27-13-6-14-28-57)59-39-33-50(34-40-59)48-19-9-4-10-20-48/h3-17,19,21-44,47-48H,1-2,18,20H2/b30-29-/i5D,6D,11D,12D,13D,14D,25D,26D,27D,28D. The lowest BCUT2D eigenvalue weighted by atomic mass is 9.92. The molecule has 300 valence electrons. The van der Waals surface area contributed by atoms with E-state index >= 15 is 0 Å². The van der Waals surface area contributed by atoms with Gasteiger partial charge >= 0.3 is 0 Å². The highest BCUT2D eigenvalue weighted by atomic mass is 15.1.